The smallest absolute Gasteiger partial charge is 0.260 e. The molecule has 114 valence electrons. The van der Waals surface area contributed by atoms with Crippen LogP contribution in [0.2, 0.25) is 0 Å². The first-order valence-electron chi connectivity index (χ1n) is 7.34. The highest BCUT2D eigenvalue weighted by Crippen LogP contribution is 2.16. The average Bonchev–Trinajstić information content (AvgIpc) is 3.03. The molecule has 1 atom stereocenters. The quantitative estimate of drug-likeness (QED) is 0.848. The maximum absolute atomic E-state index is 12.1. The number of carbonyl (C=O) groups is 1. The van der Waals surface area contributed by atoms with Crippen LogP contribution in [0.4, 0.5) is 0 Å². The van der Waals surface area contributed by atoms with Crippen LogP contribution >= 0.6 is 0 Å². The molecule has 0 saturated carbocycles. The van der Waals surface area contributed by atoms with Gasteiger partial charge in [0.15, 0.2) is 6.61 Å². The molecule has 2 heterocycles. The molecule has 22 heavy (non-hydrogen) atoms. The number of carbonyl (C=O) groups excluding carboxylic acids is 1. The summed E-state index contributed by atoms with van der Waals surface area (Å²) in [5.41, 5.74) is 0. The van der Waals surface area contributed by atoms with Crippen molar-refractivity contribution in [3.8, 4) is 11.6 Å². The number of hydrogen-bond acceptors (Lipinski definition) is 4. The Morgan fingerprint density at radius 3 is 2.77 bits per heavy atom. The maximum atomic E-state index is 12.1. The van der Waals surface area contributed by atoms with E-state index in [9.17, 15) is 4.79 Å². The molecule has 1 aromatic carbocycles. The van der Waals surface area contributed by atoms with E-state index >= 15 is 0 Å². The number of likely N-dealkylation sites (tertiary alicyclic amines) is 1. The average molecular weight is 298 g/mol. The molecule has 1 aliphatic rings. The van der Waals surface area contributed by atoms with E-state index in [2.05, 4.69) is 4.98 Å². The lowest BCUT2D eigenvalue weighted by atomic mass is 10.3. The summed E-state index contributed by atoms with van der Waals surface area (Å²) in [6, 6.07) is 14.9. The number of ether oxygens (including phenoxy) is 2. The third-order valence-electron chi connectivity index (χ3n) is 3.53. The highest BCUT2D eigenvalue weighted by Gasteiger charge is 2.27. The minimum absolute atomic E-state index is 0.00410. The van der Waals surface area contributed by atoms with Gasteiger partial charge in [-0.25, -0.2) is 4.98 Å². The van der Waals surface area contributed by atoms with Gasteiger partial charge in [0.1, 0.15) is 11.9 Å². The summed E-state index contributed by atoms with van der Waals surface area (Å²) in [6.07, 6.45) is 2.50. The van der Waals surface area contributed by atoms with E-state index in [4.69, 9.17) is 9.47 Å². The van der Waals surface area contributed by atoms with Gasteiger partial charge in [0.2, 0.25) is 5.88 Å². The van der Waals surface area contributed by atoms with Crippen molar-refractivity contribution in [2.75, 3.05) is 19.7 Å². The fraction of sp³-hybridized carbons (Fsp3) is 0.294. The number of para-hydroxylation sites is 1. The van der Waals surface area contributed by atoms with Crippen LogP contribution in [0.15, 0.2) is 54.7 Å². The molecule has 5 nitrogen and oxygen atoms in total. The number of hydrogen-bond donors (Lipinski definition) is 0. The van der Waals surface area contributed by atoms with E-state index in [1.54, 1.807) is 11.1 Å². The van der Waals surface area contributed by atoms with Gasteiger partial charge >= 0.3 is 0 Å². The molecule has 0 N–H and O–H groups in total. The van der Waals surface area contributed by atoms with Gasteiger partial charge in [0.05, 0.1) is 6.54 Å². The van der Waals surface area contributed by atoms with E-state index in [0.717, 1.165) is 6.42 Å². The van der Waals surface area contributed by atoms with Crippen LogP contribution in [0.5, 0.6) is 11.6 Å². The molecule has 1 aliphatic heterocycles. The van der Waals surface area contributed by atoms with E-state index in [1.807, 2.05) is 48.5 Å². The molecule has 0 bridgehead atoms. The van der Waals surface area contributed by atoms with Gasteiger partial charge in [-0.2, -0.15) is 0 Å². The Hall–Kier alpha value is -2.56. The molecule has 1 fully saturated rings. The largest absolute Gasteiger partial charge is 0.484 e. The standard InChI is InChI=1S/C17H18N2O3/c20-17(13-21-14-6-2-1-3-7-14)19-11-9-15(12-19)22-16-8-4-5-10-18-16/h1-8,10,15H,9,11-13H2. The van der Waals surface area contributed by atoms with Gasteiger partial charge in [0.25, 0.3) is 5.91 Å². The first-order chi connectivity index (χ1) is 10.8. The molecule has 1 amide bonds. The lowest BCUT2D eigenvalue weighted by molar-refractivity contribution is -0.132. The van der Waals surface area contributed by atoms with Crippen LogP contribution in [0.25, 0.3) is 0 Å². The van der Waals surface area contributed by atoms with E-state index in [1.165, 1.54) is 0 Å². The van der Waals surface area contributed by atoms with Gasteiger partial charge in [-0.05, 0) is 18.2 Å². The summed E-state index contributed by atoms with van der Waals surface area (Å²) in [7, 11) is 0. The number of benzene rings is 1. The van der Waals surface area contributed by atoms with Crippen molar-refractivity contribution in [1.82, 2.24) is 9.88 Å². The summed E-state index contributed by atoms with van der Waals surface area (Å²) in [6.45, 7) is 1.32. The Kier molecular flexibility index (Phi) is 4.53. The normalized spacial score (nSPS) is 17.3. The SMILES string of the molecule is O=C(COc1ccccc1)N1CCC(Oc2ccccn2)C1. The molecule has 3 rings (SSSR count). The Balaban J connectivity index is 1.46. The van der Waals surface area contributed by atoms with Crippen molar-refractivity contribution in [3.05, 3.63) is 54.7 Å². The van der Waals surface area contributed by atoms with Crippen molar-refractivity contribution >= 4 is 5.91 Å². The fourth-order valence-electron chi connectivity index (χ4n) is 2.39. The molecule has 5 heteroatoms. The lowest BCUT2D eigenvalue weighted by Crippen LogP contribution is -2.34. The van der Waals surface area contributed by atoms with E-state index in [-0.39, 0.29) is 18.6 Å². The van der Waals surface area contributed by atoms with Crippen LogP contribution in [0.3, 0.4) is 0 Å². The van der Waals surface area contributed by atoms with Crippen LogP contribution in [0, 0.1) is 0 Å². The molecule has 2 aromatic rings. The molecule has 1 saturated heterocycles. The van der Waals surface area contributed by atoms with Crippen LogP contribution < -0.4 is 9.47 Å². The molecule has 0 spiro atoms. The molecule has 1 aromatic heterocycles. The zero-order valence-corrected chi connectivity index (χ0v) is 12.2. The Bertz CT molecular complexity index is 604. The number of aromatic nitrogens is 1. The van der Waals surface area contributed by atoms with Gasteiger partial charge in [0, 0.05) is 25.2 Å². The minimum Gasteiger partial charge on any atom is -0.484 e. The van der Waals surface area contributed by atoms with Crippen LogP contribution in [-0.4, -0.2) is 41.6 Å². The predicted octanol–water partition coefficient (Wildman–Crippen LogP) is 2.14. The second-order valence-electron chi connectivity index (χ2n) is 5.14. The van der Waals surface area contributed by atoms with Gasteiger partial charge < -0.3 is 14.4 Å². The van der Waals surface area contributed by atoms with E-state index in [0.29, 0.717) is 24.7 Å². The third-order valence-corrected chi connectivity index (χ3v) is 3.53. The summed E-state index contributed by atoms with van der Waals surface area (Å²) >= 11 is 0. The Morgan fingerprint density at radius 1 is 1.18 bits per heavy atom. The number of pyridine rings is 1. The molecule has 0 aliphatic carbocycles. The summed E-state index contributed by atoms with van der Waals surface area (Å²) in [5, 5.41) is 0. The van der Waals surface area contributed by atoms with Gasteiger partial charge in [-0.1, -0.05) is 24.3 Å². The van der Waals surface area contributed by atoms with Crippen molar-refractivity contribution in [3.63, 3.8) is 0 Å². The summed E-state index contributed by atoms with van der Waals surface area (Å²) in [4.78, 5) is 18.1. The van der Waals surface area contributed by atoms with Crippen molar-refractivity contribution in [2.45, 2.75) is 12.5 Å². The third kappa shape index (κ3) is 3.75. The topological polar surface area (TPSA) is 51.7 Å². The van der Waals surface area contributed by atoms with Crippen LogP contribution in [0.1, 0.15) is 6.42 Å². The van der Waals surface area contributed by atoms with Crippen molar-refractivity contribution < 1.29 is 14.3 Å². The first-order valence-corrected chi connectivity index (χ1v) is 7.34. The second-order valence-corrected chi connectivity index (χ2v) is 5.14. The minimum atomic E-state index is -0.0176. The van der Waals surface area contributed by atoms with Gasteiger partial charge in [-0.3, -0.25) is 4.79 Å². The first kappa shape index (κ1) is 14.4. The molecule has 1 unspecified atom stereocenters. The molecular formula is C17H18N2O3. The maximum Gasteiger partial charge on any atom is 0.260 e. The lowest BCUT2D eigenvalue weighted by Gasteiger charge is -2.17. The molecular weight excluding hydrogens is 280 g/mol. The number of amides is 1. The highest BCUT2D eigenvalue weighted by atomic mass is 16.5. The zero-order chi connectivity index (χ0) is 15.2. The summed E-state index contributed by atoms with van der Waals surface area (Å²) in [5.74, 6) is 1.29. The van der Waals surface area contributed by atoms with Crippen molar-refractivity contribution in [2.24, 2.45) is 0 Å². The van der Waals surface area contributed by atoms with Crippen molar-refractivity contribution in [1.29, 1.82) is 0 Å². The molecule has 0 radical (unpaired) electrons. The van der Waals surface area contributed by atoms with Gasteiger partial charge in [-0.15, -0.1) is 0 Å². The monoisotopic (exact) mass is 298 g/mol. The van der Waals surface area contributed by atoms with E-state index < -0.39 is 0 Å². The zero-order valence-electron chi connectivity index (χ0n) is 12.2. The number of rotatable bonds is 5. The predicted molar refractivity (Wildman–Crippen MR) is 81.8 cm³/mol. The second kappa shape index (κ2) is 6.93. The Labute approximate surface area is 129 Å². The fourth-order valence-corrected chi connectivity index (χ4v) is 2.39. The highest BCUT2D eigenvalue weighted by molar-refractivity contribution is 5.78. The Morgan fingerprint density at radius 2 is 2.00 bits per heavy atom. The summed E-state index contributed by atoms with van der Waals surface area (Å²) < 4.78 is 11.3. The van der Waals surface area contributed by atoms with Crippen LogP contribution in [-0.2, 0) is 4.79 Å². The number of nitrogens with zero attached hydrogens (tertiary/aromatic N) is 2.